The van der Waals surface area contributed by atoms with Crippen molar-refractivity contribution in [1.29, 1.82) is 0 Å². The maximum atomic E-state index is 11.8. The van der Waals surface area contributed by atoms with E-state index < -0.39 is 0 Å². The van der Waals surface area contributed by atoms with Gasteiger partial charge in [0.05, 0.1) is 6.54 Å². The zero-order valence-electron chi connectivity index (χ0n) is 11.8. The summed E-state index contributed by atoms with van der Waals surface area (Å²) in [6.45, 7) is 3.90. The Bertz CT molecular complexity index is 413. The third kappa shape index (κ3) is 5.15. The fourth-order valence-corrected chi connectivity index (χ4v) is 3.17. The van der Waals surface area contributed by atoms with Crippen LogP contribution in [0.4, 0.5) is 0 Å². The van der Waals surface area contributed by atoms with Gasteiger partial charge in [-0.1, -0.05) is 18.2 Å². The fourth-order valence-electron chi connectivity index (χ4n) is 2.38. The van der Waals surface area contributed by atoms with Gasteiger partial charge in [0.15, 0.2) is 0 Å². The topological polar surface area (TPSA) is 58.4 Å². The van der Waals surface area contributed by atoms with E-state index in [1.165, 1.54) is 4.90 Å². The van der Waals surface area contributed by atoms with Gasteiger partial charge in [0.2, 0.25) is 5.91 Å². The summed E-state index contributed by atoms with van der Waals surface area (Å²) in [5.41, 5.74) is 5.65. The molecule has 4 nitrogen and oxygen atoms in total. The number of carbonyl (C=O) groups is 1. The van der Waals surface area contributed by atoms with Crippen molar-refractivity contribution < 1.29 is 4.79 Å². The Kier molecular flexibility index (Phi) is 6.36. The van der Waals surface area contributed by atoms with Crippen LogP contribution < -0.4 is 11.1 Å². The smallest absolute Gasteiger partial charge is 0.234 e. The number of nitrogens with two attached hydrogens (primary N) is 1. The second-order valence-corrected chi connectivity index (χ2v) is 6.31. The summed E-state index contributed by atoms with van der Waals surface area (Å²) >= 11 is 1.76. The second kappa shape index (κ2) is 8.29. The molecule has 1 fully saturated rings. The number of hydrogen-bond donors (Lipinski definition) is 2. The van der Waals surface area contributed by atoms with Crippen molar-refractivity contribution in [2.45, 2.75) is 11.3 Å². The SMILES string of the molecule is NCC1CCN(CC(=O)NCCSc2ccccc2)C1. The minimum Gasteiger partial charge on any atom is -0.354 e. The van der Waals surface area contributed by atoms with Crippen LogP contribution in [0.25, 0.3) is 0 Å². The lowest BCUT2D eigenvalue weighted by molar-refractivity contribution is -0.121. The van der Waals surface area contributed by atoms with Crippen molar-refractivity contribution in [1.82, 2.24) is 10.2 Å². The minimum absolute atomic E-state index is 0.122. The van der Waals surface area contributed by atoms with Crippen LogP contribution in [0.15, 0.2) is 35.2 Å². The van der Waals surface area contributed by atoms with Crippen molar-refractivity contribution in [2.75, 3.05) is 38.5 Å². The van der Waals surface area contributed by atoms with Crippen LogP contribution in [0.3, 0.4) is 0 Å². The normalized spacial score (nSPS) is 19.1. The molecular formula is C15H23N3OS. The van der Waals surface area contributed by atoms with Crippen molar-refractivity contribution >= 4 is 17.7 Å². The van der Waals surface area contributed by atoms with Gasteiger partial charge in [0.1, 0.15) is 0 Å². The summed E-state index contributed by atoms with van der Waals surface area (Å²) in [5, 5.41) is 2.98. The Balaban J connectivity index is 1.57. The van der Waals surface area contributed by atoms with Crippen molar-refractivity contribution in [3.05, 3.63) is 30.3 Å². The summed E-state index contributed by atoms with van der Waals surface area (Å²) in [4.78, 5) is 15.2. The van der Waals surface area contributed by atoms with Gasteiger partial charge in [-0.15, -0.1) is 11.8 Å². The standard InChI is InChI=1S/C15H23N3OS/c16-10-13-6-8-18(11-13)12-15(19)17-7-9-20-14-4-2-1-3-5-14/h1-5,13H,6-12,16H2,(H,17,19). The molecule has 2 rings (SSSR count). The molecule has 0 bridgehead atoms. The van der Waals surface area contributed by atoms with Crippen LogP contribution >= 0.6 is 11.8 Å². The number of nitrogens with one attached hydrogen (secondary N) is 1. The van der Waals surface area contributed by atoms with E-state index in [-0.39, 0.29) is 5.91 Å². The molecule has 0 saturated carbocycles. The summed E-state index contributed by atoms with van der Waals surface area (Å²) in [7, 11) is 0. The number of nitrogens with zero attached hydrogens (tertiary/aromatic N) is 1. The predicted molar refractivity (Wildman–Crippen MR) is 83.8 cm³/mol. The van der Waals surface area contributed by atoms with E-state index in [2.05, 4.69) is 22.3 Å². The first-order valence-electron chi connectivity index (χ1n) is 7.15. The van der Waals surface area contributed by atoms with Crippen LogP contribution in [-0.4, -0.2) is 49.3 Å². The van der Waals surface area contributed by atoms with E-state index in [9.17, 15) is 4.79 Å². The molecule has 110 valence electrons. The highest BCUT2D eigenvalue weighted by Crippen LogP contribution is 2.16. The Morgan fingerprint density at radius 2 is 2.20 bits per heavy atom. The molecule has 5 heteroatoms. The molecule has 3 N–H and O–H groups in total. The molecule has 0 aromatic heterocycles. The third-order valence-corrected chi connectivity index (χ3v) is 4.52. The summed E-state index contributed by atoms with van der Waals surface area (Å²) < 4.78 is 0. The molecule has 1 heterocycles. The van der Waals surface area contributed by atoms with Gasteiger partial charge in [-0.25, -0.2) is 0 Å². The van der Waals surface area contributed by atoms with Gasteiger partial charge in [0.25, 0.3) is 0 Å². The lowest BCUT2D eigenvalue weighted by Gasteiger charge is -2.15. The summed E-state index contributed by atoms with van der Waals surface area (Å²) in [5.74, 6) is 1.59. The molecule has 1 aliphatic rings. The van der Waals surface area contributed by atoms with E-state index in [0.29, 0.717) is 19.0 Å². The van der Waals surface area contributed by atoms with E-state index >= 15 is 0 Å². The number of likely N-dealkylation sites (tertiary alicyclic amines) is 1. The third-order valence-electron chi connectivity index (χ3n) is 3.51. The molecule has 1 aromatic rings. The van der Waals surface area contributed by atoms with E-state index in [0.717, 1.165) is 31.8 Å². The Labute approximate surface area is 125 Å². The maximum absolute atomic E-state index is 11.8. The molecule has 1 atom stereocenters. The first-order chi connectivity index (χ1) is 9.78. The van der Waals surface area contributed by atoms with Crippen LogP contribution in [0, 0.1) is 5.92 Å². The van der Waals surface area contributed by atoms with E-state index in [1.54, 1.807) is 11.8 Å². The van der Waals surface area contributed by atoms with Gasteiger partial charge in [-0.3, -0.25) is 9.69 Å². The quantitative estimate of drug-likeness (QED) is 0.585. The zero-order chi connectivity index (χ0) is 14.2. The minimum atomic E-state index is 0.122. The maximum Gasteiger partial charge on any atom is 0.234 e. The molecule has 20 heavy (non-hydrogen) atoms. The van der Waals surface area contributed by atoms with E-state index in [4.69, 9.17) is 5.73 Å². The van der Waals surface area contributed by atoms with Gasteiger partial charge >= 0.3 is 0 Å². The van der Waals surface area contributed by atoms with Gasteiger partial charge in [0, 0.05) is 23.7 Å². The highest BCUT2D eigenvalue weighted by molar-refractivity contribution is 7.99. The number of thioether (sulfide) groups is 1. The van der Waals surface area contributed by atoms with E-state index in [1.807, 2.05) is 18.2 Å². The molecule has 0 radical (unpaired) electrons. The molecule has 1 aromatic carbocycles. The lowest BCUT2D eigenvalue weighted by atomic mass is 10.1. The summed E-state index contributed by atoms with van der Waals surface area (Å²) in [6, 6.07) is 10.2. The average Bonchev–Trinajstić information content (AvgIpc) is 2.92. The molecular weight excluding hydrogens is 270 g/mol. The Hall–Kier alpha value is -1.04. The number of amides is 1. The Morgan fingerprint density at radius 1 is 1.40 bits per heavy atom. The van der Waals surface area contributed by atoms with Gasteiger partial charge < -0.3 is 11.1 Å². The highest BCUT2D eigenvalue weighted by atomic mass is 32.2. The van der Waals surface area contributed by atoms with Crippen molar-refractivity contribution in [3.8, 4) is 0 Å². The van der Waals surface area contributed by atoms with Crippen LogP contribution in [0.2, 0.25) is 0 Å². The number of hydrogen-bond acceptors (Lipinski definition) is 4. The largest absolute Gasteiger partial charge is 0.354 e. The van der Waals surface area contributed by atoms with Gasteiger partial charge in [-0.05, 0) is 37.6 Å². The molecule has 1 saturated heterocycles. The number of rotatable bonds is 7. The van der Waals surface area contributed by atoms with Crippen LogP contribution in [0.1, 0.15) is 6.42 Å². The predicted octanol–water partition coefficient (Wildman–Crippen LogP) is 1.18. The molecule has 1 aliphatic heterocycles. The van der Waals surface area contributed by atoms with Crippen molar-refractivity contribution in [3.63, 3.8) is 0 Å². The van der Waals surface area contributed by atoms with Gasteiger partial charge in [-0.2, -0.15) is 0 Å². The average molecular weight is 293 g/mol. The Morgan fingerprint density at radius 3 is 2.90 bits per heavy atom. The summed E-state index contributed by atoms with van der Waals surface area (Å²) in [6.07, 6.45) is 1.12. The highest BCUT2D eigenvalue weighted by Gasteiger charge is 2.22. The number of benzene rings is 1. The first kappa shape index (κ1) is 15.4. The zero-order valence-corrected chi connectivity index (χ0v) is 12.6. The van der Waals surface area contributed by atoms with Crippen LogP contribution in [-0.2, 0) is 4.79 Å². The lowest BCUT2D eigenvalue weighted by Crippen LogP contribution is -2.37. The van der Waals surface area contributed by atoms with Crippen LogP contribution in [0.5, 0.6) is 0 Å². The first-order valence-corrected chi connectivity index (χ1v) is 8.13. The molecule has 1 amide bonds. The number of carbonyl (C=O) groups excluding carboxylic acids is 1. The molecule has 1 unspecified atom stereocenters. The fraction of sp³-hybridized carbons (Fsp3) is 0.533. The molecule has 0 aliphatic carbocycles. The van der Waals surface area contributed by atoms with Crippen molar-refractivity contribution in [2.24, 2.45) is 11.7 Å². The monoisotopic (exact) mass is 293 g/mol. The second-order valence-electron chi connectivity index (χ2n) is 5.14. The molecule has 0 spiro atoms.